The van der Waals surface area contributed by atoms with E-state index in [2.05, 4.69) is 10.3 Å². The van der Waals surface area contributed by atoms with E-state index in [1.165, 1.54) is 18.4 Å². The molecule has 0 aliphatic carbocycles. The smallest absolute Gasteiger partial charge is 0.274 e. The number of carbonyl (C=O) groups is 1. The number of rotatable bonds is 6. The third-order valence-corrected chi connectivity index (χ3v) is 6.02. The van der Waals surface area contributed by atoms with Gasteiger partial charge in [0.2, 0.25) is 0 Å². The number of nitrogens with zero attached hydrogens (tertiary/aromatic N) is 2. The van der Waals surface area contributed by atoms with Crippen LogP contribution in [0.1, 0.15) is 5.56 Å². The summed E-state index contributed by atoms with van der Waals surface area (Å²) in [5.41, 5.74) is 2.96. The third kappa shape index (κ3) is 4.16. The Kier molecular flexibility index (Phi) is 5.50. The normalized spacial score (nSPS) is 11.7. The number of fused-ring (bicyclic) bond motifs is 3. The zero-order valence-corrected chi connectivity index (χ0v) is 18.5. The molecule has 0 radical (unpaired) electrons. The van der Waals surface area contributed by atoms with Crippen LogP contribution in [0, 0.1) is 0 Å². The van der Waals surface area contributed by atoms with Crippen molar-refractivity contribution in [3.63, 3.8) is 0 Å². The quantitative estimate of drug-likeness (QED) is 0.422. The Morgan fingerprint density at radius 3 is 2.67 bits per heavy atom. The first-order valence-electron chi connectivity index (χ1n) is 10.2. The minimum absolute atomic E-state index is 0.111. The minimum Gasteiger partial charge on any atom is -0.493 e. The Balaban J connectivity index is 1.38. The number of carbonyl (C=O) groups excluding carboxylic acids is 1. The molecule has 0 saturated carbocycles. The highest BCUT2D eigenvalue weighted by molar-refractivity contribution is 7.15. The molecule has 0 aliphatic heterocycles. The van der Waals surface area contributed by atoms with Crippen LogP contribution in [0.3, 0.4) is 0 Å². The molecule has 5 aromatic rings. The molecular weight excluding hydrogens is 438 g/mol. The fourth-order valence-electron chi connectivity index (χ4n) is 3.52. The van der Waals surface area contributed by atoms with Crippen LogP contribution < -0.4 is 24.9 Å². The van der Waals surface area contributed by atoms with Crippen molar-refractivity contribution < 1.29 is 14.3 Å². The van der Waals surface area contributed by atoms with Gasteiger partial charge in [0.1, 0.15) is 0 Å². The van der Waals surface area contributed by atoms with Crippen molar-refractivity contribution in [2.24, 2.45) is 0 Å². The van der Waals surface area contributed by atoms with Crippen LogP contribution >= 0.6 is 11.3 Å². The average molecular weight is 458 g/mol. The number of amides is 1. The topological polar surface area (TPSA) is 81.9 Å². The number of benzene rings is 3. The molecule has 0 unspecified atom stereocenters. The Hall–Kier alpha value is -4.17. The molecule has 2 aromatic heterocycles. The number of hydrogen-bond donors (Lipinski definition) is 1. The largest absolute Gasteiger partial charge is 0.493 e. The lowest BCUT2D eigenvalue weighted by molar-refractivity contribution is -0.118. The van der Waals surface area contributed by atoms with Crippen LogP contribution in [-0.2, 0) is 4.79 Å². The second kappa shape index (κ2) is 8.76. The number of nitrogens with one attached hydrogen (secondary N) is 1. The summed E-state index contributed by atoms with van der Waals surface area (Å²) in [4.78, 5) is 30.3. The zero-order valence-electron chi connectivity index (χ0n) is 17.6. The summed E-state index contributed by atoms with van der Waals surface area (Å²) >= 11 is 1.34. The van der Waals surface area contributed by atoms with Gasteiger partial charge >= 0.3 is 0 Å². The van der Waals surface area contributed by atoms with Gasteiger partial charge in [-0.25, -0.2) is 9.38 Å². The standard InChI is InChI=1S/C25H19N3O4S/c1-31-21-13-16(11-12-20(21)32-15-23(29)26-17-7-3-2-4-8-17)14-22-24(30)28-19-10-6-5-9-18(19)27-25(28)33-22/h2-14H,15H2,1H3,(H,26,29). The average Bonchev–Trinajstić information content (AvgIpc) is 3.34. The summed E-state index contributed by atoms with van der Waals surface area (Å²) in [5.74, 6) is 0.631. The number of hydrogen-bond acceptors (Lipinski definition) is 6. The Morgan fingerprint density at radius 1 is 1.06 bits per heavy atom. The molecule has 2 heterocycles. The molecule has 33 heavy (non-hydrogen) atoms. The van der Waals surface area contributed by atoms with E-state index in [0.29, 0.717) is 26.7 Å². The van der Waals surface area contributed by atoms with E-state index < -0.39 is 0 Å². The first-order chi connectivity index (χ1) is 16.1. The first-order valence-corrected chi connectivity index (χ1v) is 11.0. The molecule has 0 aliphatic rings. The first kappa shape index (κ1) is 20.7. The van der Waals surface area contributed by atoms with Crippen molar-refractivity contribution in [2.45, 2.75) is 0 Å². The van der Waals surface area contributed by atoms with Crippen molar-refractivity contribution in [1.82, 2.24) is 9.38 Å². The maximum atomic E-state index is 13.0. The maximum Gasteiger partial charge on any atom is 0.274 e. The van der Waals surface area contributed by atoms with Gasteiger partial charge in [0.05, 0.1) is 22.7 Å². The summed E-state index contributed by atoms with van der Waals surface area (Å²) in [7, 11) is 1.53. The number of methoxy groups -OCH3 is 1. The summed E-state index contributed by atoms with van der Waals surface area (Å²) in [6.45, 7) is -0.159. The van der Waals surface area contributed by atoms with Crippen LogP contribution in [-0.4, -0.2) is 29.0 Å². The number of para-hydroxylation sites is 3. The number of imidazole rings is 1. The molecule has 0 atom stereocenters. The Labute approximate surface area is 192 Å². The lowest BCUT2D eigenvalue weighted by Crippen LogP contribution is -2.22. The molecule has 3 aromatic carbocycles. The Morgan fingerprint density at radius 2 is 1.85 bits per heavy atom. The van der Waals surface area contributed by atoms with E-state index in [1.54, 1.807) is 34.7 Å². The zero-order chi connectivity index (χ0) is 22.8. The highest BCUT2D eigenvalue weighted by atomic mass is 32.1. The van der Waals surface area contributed by atoms with Crippen molar-refractivity contribution in [1.29, 1.82) is 0 Å². The molecule has 0 spiro atoms. The van der Waals surface area contributed by atoms with Crippen LogP contribution in [0.5, 0.6) is 11.5 Å². The molecule has 0 bridgehead atoms. The third-order valence-electron chi connectivity index (χ3n) is 5.05. The van der Waals surface area contributed by atoms with E-state index in [4.69, 9.17) is 9.47 Å². The molecule has 1 N–H and O–H groups in total. The fraction of sp³-hybridized carbons (Fsp3) is 0.0800. The second-order valence-electron chi connectivity index (χ2n) is 7.25. The van der Waals surface area contributed by atoms with Gasteiger partial charge in [-0.3, -0.25) is 9.59 Å². The summed E-state index contributed by atoms with van der Waals surface area (Å²) in [5, 5.41) is 2.77. The predicted molar refractivity (Wildman–Crippen MR) is 129 cm³/mol. The van der Waals surface area contributed by atoms with Crippen LogP contribution in [0.25, 0.3) is 22.1 Å². The Bertz CT molecular complexity index is 1570. The highest BCUT2D eigenvalue weighted by Crippen LogP contribution is 2.28. The van der Waals surface area contributed by atoms with Gasteiger partial charge in [-0.15, -0.1) is 0 Å². The van der Waals surface area contributed by atoms with Gasteiger partial charge in [0, 0.05) is 5.69 Å². The highest BCUT2D eigenvalue weighted by Gasteiger charge is 2.12. The van der Waals surface area contributed by atoms with Gasteiger partial charge in [-0.05, 0) is 48.0 Å². The van der Waals surface area contributed by atoms with Gasteiger partial charge in [-0.2, -0.15) is 0 Å². The SMILES string of the molecule is COc1cc(C=c2sc3nc4ccccc4n3c2=O)ccc1OCC(=O)Nc1ccccc1. The van der Waals surface area contributed by atoms with Gasteiger partial charge in [-0.1, -0.05) is 47.7 Å². The van der Waals surface area contributed by atoms with Crippen LogP contribution in [0.2, 0.25) is 0 Å². The van der Waals surface area contributed by atoms with Gasteiger partial charge < -0.3 is 14.8 Å². The molecular formula is C25H19N3O4S. The fourth-order valence-corrected chi connectivity index (χ4v) is 4.51. The van der Waals surface area contributed by atoms with E-state index in [1.807, 2.05) is 48.5 Å². The van der Waals surface area contributed by atoms with Crippen LogP contribution in [0.4, 0.5) is 5.69 Å². The van der Waals surface area contributed by atoms with E-state index in [-0.39, 0.29) is 18.1 Å². The van der Waals surface area contributed by atoms with Crippen molar-refractivity contribution in [3.05, 3.63) is 93.2 Å². The minimum atomic E-state index is -0.274. The number of thiazole rings is 1. The summed E-state index contributed by atoms with van der Waals surface area (Å²) in [6.07, 6.45) is 1.80. The molecule has 164 valence electrons. The van der Waals surface area contributed by atoms with Crippen LogP contribution in [0.15, 0.2) is 77.6 Å². The molecule has 5 rings (SSSR count). The second-order valence-corrected chi connectivity index (χ2v) is 8.26. The molecule has 1 amide bonds. The maximum absolute atomic E-state index is 13.0. The van der Waals surface area contributed by atoms with E-state index in [0.717, 1.165) is 16.6 Å². The number of aromatic nitrogens is 2. The van der Waals surface area contributed by atoms with E-state index >= 15 is 0 Å². The number of anilines is 1. The molecule has 7 nitrogen and oxygen atoms in total. The molecule has 0 fully saturated rings. The van der Waals surface area contributed by atoms with Crippen molar-refractivity contribution in [3.8, 4) is 11.5 Å². The lowest BCUT2D eigenvalue weighted by atomic mass is 10.2. The monoisotopic (exact) mass is 457 g/mol. The predicted octanol–water partition coefficient (Wildman–Crippen LogP) is 3.48. The van der Waals surface area contributed by atoms with E-state index in [9.17, 15) is 9.59 Å². The molecule has 8 heteroatoms. The molecule has 0 saturated heterocycles. The van der Waals surface area contributed by atoms with Gasteiger partial charge in [0.15, 0.2) is 23.1 Å². The van der Waals surface area contributed by atoms with Crippen molar-refractivity contribution >= 4 is 45.0 Å². The van der Waals surface area contributed by atoms with Gasteiger partial charge in [0.25, 0.3) is 11.5 Å². The summed E-state index contributed by atoms with van der Waals surface area (Å²) < 4.78 is 13.3. The number of ether oxygens (including phenoxy) is 2. The lowest BCUT2D eigenvalue weighted by Gasteiger charge is -2.11. The summed E-state index contributed by atoms with van der Waals surface area (Å²) in [6, 6.07) is 22.0. The van der Waals surface area contributed by atoms with Crippen molar-refractivity contribution in [2.75, 3.05) is 19.0 Å².